The van der Waals surface area contributed by atoms with Crippen LogP contribution in [0.3, 0.4) is 0 Å². The Balaban J connectivity index is 1.61. The van der Waals surface area contributed by atoms with Gasteiger partial charge in [0.1, 0.15) is 0 Å². The van der Waals surface area contributed by atoms with Crippen LogP contribution in [0.5, 0.6) is 0 Å². The molecule has 0 aliphatic heterocycles. The molecular weight excluding hydrogens is 366 g/mol. The minimum atomic E-state index is -0.176. The molecule has 0 spiro atoms. The second kappa shape index (κ2) is 8.26. The maximum atomic E-state index is 12.2. The molecule has 0 saturated carbocycles. The monoisotopic (exact) mass is 387 g/mol. The summed E-state index contributed by atoms with van der Waals surface area (Å²) in [5.74, 6) is 1.27. The number of amides is 1. The molecule has 0 aliphatic carbocycles. The van der Waals surface area contributed by atoms with Gasteiger partial charge in [0.2, 0.25) is 5.91 Å². The smallest absolute Gasteiger partial charge is 0.253 e. The Labute approximate surface area is 160 Å². The Bertz CT molecular complexity index is 991. The van der Waals surface area contributed by atoms with E-state index in [4.69, 9.17) is 4.42 Å². The van der Waals surface area contributed by atoms with E-state index in [-0.39, 0.29) is 23.8 Å². The van der Waals surface area contributed by atoms with Gasteiger partial charge in [0, 0.05) is 24.3 Å². The summed E-state index contributed by atoms with van der Waals surface area (Å²) in [6.45, 7) is 6.52. The number of H-pyrrole nitrogens is 1. The number of carbonyl (C=O) groups excluding carboxylic acids is 1. The number of aromatic amines is 1. The molecule has 27 heavy (non-hydrogen) atoms. The Morgan fingerprint density at radius 3 is 2.85 bits per heavy atom. The van der Waals surface area contributed by atoms with Gasteiger partial charge in [-0.3, -0.25) is 14.2 Å². The molecule has 0 radical (unpaired) electrons. The van der Waals surface area contributed by atoms with Gasteiger partial charge < -0.3 is 14.7 Å². The summed E-state index contributed by atoms with van der Waals surface area (Å²) in [4.78, 5) is 27.0. The van der Waals surface area contributed by atoms with Gasteiger partial charge >= 0.3 is 0 Å². The molecule has 0 unspecified atom stereocenters. The summed E-state index contributed by atoms with van der Waals surface area (Å²) < 4.78 is 7.27. The van der Waals surface area contributed by atoms with E-state index >= 15 is 0 Å². The second-order valence-electron chi connectivity index (χ2n) is 6.04. The lowest BCUT2D eigenvalue weighted by Gasteiger charge is -2.08. The largest absolute Gasteiger partial charge is 0.461 e. The third kappa shape index (κ3) is 4.30. The number of hydrogen-bond acceptors (Lipinski definition) is 6. The number of nitrogens with zero attached hydrogens (tertiary/aromatic N) is 3. The van der Waals surface area contributed by atoms with Crippen molar-refractivity contribution in [3.05, 3.63) is 51.6 Å². The highest BCUT2D eigenvalue weighted by molar-refractivity contribution is 7.99. The van der Waals surface area contributed by atoms with Crippen molar-refractivity contribution in [2.45, 2.75) is 39.0 Å². The van der Waals surface area contributed by atoms with Crippen molar-refractivity contribution < 1.29 is 9.21 Å². The molecule has 9 heteroatoms. The topological polar surface area (TPSA) is 106 Å². The first kappa shape index (κ1) is 19.0. The van der Waals surface area contributed by atoms with E-state index in [2.05, 4.69) is 20.5 Å². The van der Waals surface area contributed by atoms with Gasteiger partial charge in [0.15, 0.2) is 16.7 Å². The highest BCUT2D eigenvalue weighted by Crippen LogP contribution is 2.24. The van der Waals surface area contributed by atoms with E-state index in [0.717, 1.165) is 11.3 Å². The van der Waals surface area contributed by atoms with Crippen LogP contribution in [0.2, 0.25) is 0 Å². The third-order valence-electron chi connectivity index (χ3n) is 4.06. The molecule has 0 aliphatic rings. The summed E-state index contributed by atoms with van der Waals surface area (Å²) in [5.41, 5.74) is 2.05. The van der Waals surface area contributed by atoms with Crippen molar-refractivity contribution in [2.75, 3.05) is 5.75 Å². The fourth-order valence-corrected chi connectivity index (χ4v) is 3.57. The highest BCUT2D eigenvalue weighted by atomic mass is 32.2. The molecule has 0 bridgehead atoms. The average Bonchev–Trinajstić information content (AvgIpc) is 3.27. The zero-order valence-electron chi connectivity index (χ0n) is 15.4. The van der Waals surface area contributed by atoms with E-state index < -0.39 is 0 Å². The Morgan fingerprint density at radius 2 is 2.19 bits per heavy atom. The molecule has 3 aromatic rings. The van der Waals surface area contributed by atoms with Crippen LogP contribution in [0.4, 0.5) is 0 Å². The minimum absolute atomic E-state index is 0.172. The van der Waals surface area contributed by atoms with E-state index in [1.165, 1.54) is 11.8 Å². The molecule has 142 valence electrons. The van der Waals surface area contributed by atoms with Crippen LogP contribution in [0.1, 0.15) is 23.7 Å². The van der Waals surface area contributed by atoms with E-state index in [1.807, 2.05) is 37.5 Å². The number of hydrogen-bond donors (Lipinski definition) is 2. The molecule has 8 nitrogen and oxygen atoms in total. The SMILES string of the molecule is CCn1c(SCC(=O)NCc2c(C)cc(C)[nH]c2=O)nnc1-c1ccco1. The standard InChI is InChI=1S/C18H21N5O3S/c1-4-23-16(14-6-5-7-26-14)21-22-18(23)27-10-15(24)19-9-13-11(2)8-12(3)20-17(13)25/h5-8H,4,9-10H2,1-3H3,(H,19,24)(H,20,25). The van der Waals surface area contributed by atoms with Crippen molar-refractivity contribution in [2.24, 2.45) is 0 Å². The number of aromatic nitrogens is 4. The van der Waals surface area contributed by atoms with Crippen LogP contribution in [-0.4, -0.2) is 31.4 Å². The van der Waals surface area contributed by atoms with Crippen LogP contribution < -0.4 is 10.9 Å². The minimum Gasteiger partial charge on any atom is -0.461 e. The number of aryl methyl sites for hydroxylation is 2. The predicted octanol–water partition coefficient (Wildman–Crippen LogP) is 2.27. The first-order valence-electron chi connectivity index (χ1n) is 8.55. The van der Waals surface area contributed by atoms with E-state index in [9.17, 15) is 9.59 Å². The normalized spacial score (nSPS) is 10.9. The molecule has 1 amide bonds. The van der Waals surface area contributed by atoms with Crippen LogP contribution in [0, 0.1) is 13.8 Å². The average molecular weight is 387 g/mol. The Morgan fingerprint density at radius 1 is 1.37 bits per heavy atom. The van der Waals surface area contributed by atoms with Crippen molar-refractivity contribution in [3.63, 3.8) is 0 Å². The molecule has 0 saturated heterocycles. The number of pyridine rings is 1. The van der Waals surface area contributed by atoms with Crippen LogP contribution in [0.25, 0.3) is 11.6 Å². The lowest BCUT2D eigenvalue weighted by molar-refractivity contribution is -0.118. The quantitative estimate of drug-likeness (QED) is 0.603. The Hall–Kier alpha value is -2.81. The van der Waals surface area contributed by atoms with Gasteiger partial charge in [-0.2, -0.15) is 0 Å². The number of nitrogens with one attached hydrogen (secondary N) is 2. The fraction of sp³-hybridized carbons (Fsp3) is 0.333. The molecule has 2 N–H and O–H groups in total. The fourth-order valence-electron chi connectivity index (χ4n) is 2.74. The van der Waals surface area contributed by atoms with Crippen molar-refractivity contribution in [3.8, 4) is 11.6 Å². The third-order valence-corrected chi connectivity index (χ3v) is 5.03. The van der Waals surface area contributed by atoms with Crippen LogP contribution in [-0.2, 0) is 17.9 Å². The van der Waals surface area contributed by atoms with Gasteiger partial charge in [-0.15, -0.1) is 10.2 Å². The van der Waals surface area contributed by atoms with Gasteiger partial charge in [-0.1, -0.05) is 11.8 Å². The van der Waals surface area contributed by atoms with Gasteiger partial charge in [0.25, 0.3) is 5.56 Å². The Kier molecular flexibility index (Phi) is 5.80. The maximum absolute atomic E-state index is 12.2. The van der Waals surface area contributed by atoms with Crippen molar-refractivity contribution >= 4 is 17.7 Å². The van der Waals surface area contributed by atoms with E-state index in [1.54, 1.807) is 12.3 Å². The molecule has 0 fully saturated rings. The first-order valence-corrected chi connectivity index (χ1v) is 9.54. The van der Waals surface area contributed by atoms with Crippen molar-refractivity contribution in [1.82, 2.24) is 25.1 Å². The van der Waals surface area contributed by atoms with Crippen LogP contribution >= 0.6 is 11.8 Å². The van der Waals surface area contributed by atoms with Gasteiger partial charge in [0.05, 0.1) is 12.0 Å². The highest BCUT2D eigenvalue weighted by Gasteiger charge is 2.16. The molecule has 0 atom stereocenters. The summed E-state index contributed by atoms with van der Waals surface area (Å²) in [7, 11) is 0. The lowest BCUT2D eigenvalue weighted by atomic mass is 10.1. The number of rotatable bonds is 7. The lowest BCUT2D eigenvalue weighted by Crippen LogP contribution is -2.29. The van der Waals surface area contributed by atoms with Crippen LogP contribution in [0.15, 0.2) is 38.8 Å². The molecular formula is C18H21N5O3S. The molecule has 0 aromatic carbocycles. The second-order valence-corrected chi connectivity index (χ2v) is 6.98. The van der Waals surface area contributed by atoms with Gasteiger partial charge in [-0.25, -0.2) is 0 Å². The zero-order valence-corrected chi connectivity index (χ0v) is 16.2. The van der Waals surface area contributed by atoms with Crippen molar-refractivity contribution in [1.29, 1.82) is 0 Å². The molecule has 3 aromatic heterocycles. The first-order chi connectivity index (χ1) is 13.0. The number of carbonyl (C=O) groups is 1. The summed E-state index contributed by atoms with van der Waals surface area (Å²) in [5, 5.41) is 11.7. The molecule has 3 heterocycles. The van der Waals surface area contributed by atoms with E-state index in [0.29, 0.717) is 28.8 Å². The number of furan rings is 1. The number of thioether (sulfide) groups is 1. The summed E-state index contributed by atoms with van der Waals surface area (Å²) in [6.07, 6.45) is 1.58. The van der Waals surface area contributed by atoms with Gasteiger partial charge in [-0.05, 0) is 44.5 Å². The predicted molar refractivity (Wildman–Crippen MR) is 103 cm³/mol. The summed E-state index contributed by atoms with van der Waals surface area (Å²) >= 11 is 1.29. The molecule has 3 rings (SSSR count). The maximum Gasteiger partial charge on any atom is 0.253 e. The summed E-state index contributed by atoms with van der Waals surface area (Å²) in [6, 6.07) is 5.50. The zero-order chi connectivity index (χ0) is 19.4.